The number of benzene rings is 2. The van der Waals surface area contributed by atoms with Crippen LogP contribution in [-0.4, -0.2) is 26.4 Å². The second kappa shape index (κ2) is 8.68. The second-order valence-corrected chi connectivity index (χ2v) is 7.22. The van der Waals surface area contributed by atoms with Crippen LogP contribution in [0.4, 0.5) is 5.69 Å². The van der Waals surface area contributed by atoms with Crippen LogP contribution in [0.3, 0.4) is 0 Å². The lowest BCUT2D eigenvalue weighted by atomic mass is 10.1. The number of hydrogen-bond acceptors (Lipinski definition) is 4. The van der Waals surface area contributed by atoms with Gasteiger partial charge in [0.05, 0.1) is 5.75 Å². The number of aryl methyl sites for hydroxylation is 2. The maximum absolute atomic E-state index is 12.2. The fourth-order valence-electron chi connectivity index (χ4n) is 2.57. The molecule has 3 rings (SSSR count). The van der Waals surface area contributed by atoms with Crippen molar-refractivity contribution >= 4 is 23.4 Å². The standard InChI is InChI=1S/C21H22N4OS/c1-4-13-25-20(17-9-5-15(2)6-10-17)23-24-21(25)27-14-19(26)22-18-11-7-16(3)8-12-18/h4-12H,1,13-14H2,2-3H3,(H,22,26). The molecule has 1 amide bonds. The van der Waals surface area contributed by atoms with Crippen molar-refractivity contribution in [1.29, 1.82) is 0 Å². The molecule has 0 saturated carbocycles. The van der Waals surface area contributed by atoms with Gasteiger partial charge >= 0.3 is 0 Å². The zero-order valence-electron chi connectivity index (χ0n) is 15.5. The monoisotopic (exact) mass is 378 g/mol. The number of amides is 1. The molecule has 6 heteroatoms. The van der Waals surface area contributed by atoms with Crippen LogP contribution >= 0.6 is 11.8 Å². The molecule has 0 unspecified atom stereocenters. The van der Waals surface area contributed by atoms with Gasteiger partial charge in [0.2, 0.25) is 5.91 Å². The maximum atomic E-state index is 12.2. The molecule has 138 valence electrons. The van der Waals surface area contributed by atoms with Crippen molar-refractivity contribution in [2.75, 3.05) is 11.1 Å². The zero-order chi connectivity index (χ0) is 19.2. The lowest BCUT2D eigenvalue weighted by molar-refractivity contribution is -0.113. The summed E-state index contributed by atoms with van der Waals surface area (Å²) in [4.78, 5) is 12.2. The summed E-state index contributed by atoms with van der Waals surface area (Å²) < 4.78 is 1.97. The number of thioether (sulfide) groups is 1. The van der Waals surface area contributed by atoms with Crippen molar-refractivity contribution in [3.63, 3.8) is 0 Å². The van der Waals surface area contributed by atoms with Crippen LogP contribution in [0, 0.1) is 13.8 Å². The van der Waals surface area contributed by atoms with Crippen molar-refractivity contribution in [3.8, 4) is 11.4 Å². The smallest absolute Gasteiger partial charge is 0.234 e. The third kappa shape index (κ3) is 4.86. The molecule has 0 aliphatic rings. The first-order valence-corrected chi connectivity index (χ1v) is 9.66. The molecule has 0 aliphatic carbocycles. The molecule has 0 spiro atoms. The number of rotatable bonds is 7. The van der Waals surface area contributed by atoms with Gasteiger partial charge in [-0.1, -0.05) is 65.4 Å². The molecule has 0 radical (unpaired) electrons. The summed E-state index contributed by atoms with van der Waals surface area (Å²) in [7, 11) is 0. The Morgan fingerprint density at radius 2 is 1.70 bits per heavy atom. The van der Waals surface area contributed by atoms with E-state index >= 15 is 0 Å². The predicted molar refractivity (Wildman–Crippen MR) is 111 cm³/mol. The highest BCUT2D eigenvalue weighted by molar-refractivity contribution is 7.99. The molecule has 5 nitrogen and oxygen atoms in total. The lowest BCUT2D eigenvalue weighted by Crippen LogP contribution is -2.14. The molecule has 0 bridgehead atoms. The van der Waals surface area contributed by atoms with Crippen molar-refractivity contribution in [3.05, 3.63) is 72.3 Å². The van der Waals surface area contributed by atoms with Gasteiger partial charge in [-0.2, -0.15) is 0 Å². The van der Waals surface area contributed by atoms with E-state index in [2.05, 4.69) is 22.1 Å². The summed E-state index contributed by atoms with van der Waals surface area (Å²) in [5.41, 5.74) is 4.13. The third-order valence-corrected chi connectivity index (χ3v) is 4.97. The summed E-state index contributed by atoms with van der Waals surface area (Å²) in [6.07, 6.45) is 1.80. The van der Waals surface area contributed by atoms with E-state index in [0.29, 0.717) is 11.7 Å². The summed E-state index contributed by atoms with van der Waals surface area (Å²) in [6, 6.07) is 15.9. The molecule has 0 aliphatic heterocycles. The molecule has 3 aromatic rings. The Hall–Kier alpha value is -2.86. The number of aromatic nitrogens is 3. The van der Waals surface area contributed by atoms with E-state index in [1.54, 1.807) is 6.08 Å². The van der Waals surface area contributed by atoms with Gasteiger partial charge in [-0.15, -0.1) is 16.8 Å². The summed E-state index contributed by atoms with van der Waals surface area (Å²) >= 11 is 1.37. The highest BCUT2D eigenvalue weighted by atomic mass is 32.2. The second-order valence-electron chi connectivity index (χ2n) is 6.27. The summed E-state index contributed by atoms with van der Waals surface area (Å²) in [6.45, 7) is 8.46. The van der Waals surface area contributed by atoms with E-state index < -0.39 is 0 Å². The van der Waals surface area contributed by atoms with Crippen LogP contribution in [0.25, 0.3) is 11.4 Å². The first-order valence-electron chi connectivity index (χ1n) is 8.67. The fraction of sp³-hybridized carbons (Fsp3) is 0.190. The maximum Gasteiger partial charge on any atom is 0.234 e. The van der Waals surface area contributed by atoms with Crippen molar-refractivity contribution in [2.24, 2.45) is 0 Å². The number of nitrogens with zero attached hydrogens (tertiary/aromatic N) is 3. The molecule has 0 saturated heterocycles. The van der Waals surface area contributed by atoms with E-state index in [0.717, 1.165) is 22.6 Å². The molecule has 0 fully saturated rings. The molecule has 2 aromatic carbocycles. The number of anilines is 1. The van der Waals surface area contributed by atoms with E-state index in [9.17, 15) is 4.79 Å². The van der Waals surface area contributed by atoms with Gasteiger partial charge in [-0.05, 0) is 26.0 Å². The summed E-state index contributed by atoms with van der Waals surface area (Å²) in [5, 5.41) is 12.2. The van der Waals surface area contributed by atoms with E-state index in [4.69, 9.17) is 0 Å². The molecular formula is C21H22N4OS. The Morgan fingerprint density at radius 1 is 1.07 bits per heavy atom. The lowest BCUT2D eigenvalue weighted by Gasteiger charge is -2.08. The van der Waals surface area contributed by atoms with Crippen LogP contribution in [-0.2, 0) is 11.3 Å². The number of nitrogens with one attached hydrogen (secondary N) is 1. The van der Waals surface area contributed by atoms with E-state index in [-0.39, 0.29) is 11.7 Å². The molecule has 1 N–H and O–H groups in total. The Balaban J connectivity index is 1.70. The minimum Gasteiger partial charge on any atom is -0.325 e. The van der Waals surface area contributed by atoms with Crippen LogP contribution in [0.5, 0.6) is 0 Å². The van der Waals surface area contributed by atoms with Gasteiger partial charge in [-0.25, -0.2) is 0 Å². The SMILES string of the molecule is C=CCn1c(SCC(=O)Nc2ccc(C)cc2)nnc1-c1ccc(C)cc1. The van der Waals surface area contributed by atoms with Gasteiger partial charge in [0.15, 0.2) is 11.0 Å². The van der Waals surface area contributed by atoms with Gasteiger partial charge in [0.25, 0.3) is 0 Å². The largest absolute Gasteiger partial charge is 0.325 e. The Kier molecular flexibility index (Phi) is 6.08. The first-order chi connectivity index (χ1) is 13.1. The number of hydrogen-bond donors (Lipinski definition) is 1. The Labute approximate surface area is 163 Å². The van der Waals surface area contributed by atoms with Gasteiger partial charge in [-0.3, -0.25) is 9.36 Å². The van der Waals surface area contributed by atoms with Gasteiger partial charge in [0.1, 0.15) is 0 Å². The fourth-order valence-corrected chi connectivity index (χ4v) is 3.32. The summed E-state index contributed by atoms with van der Waals surface area (Å²) in [5.74, 6) is 0.960. The van der Waals surface area contributed by atoms with Crippen LogP contribution < -0.4 is 5.32 Å². The highest BCUT2D eigenvalue weighted by Gasteiger charge is 2.15. The van der Waals surface area contributed by atoms with E-state index in [1.807, 2.05) is 66.9 Å². The molecule has 0 atom stereocenters. The molecular weight excluding hydrogens is 356 g/mol. The van der Waals surface area contributed by atoms with Crippen LogP contribution in [0.1, 0.15) is 11.1 Å². The van der Waals surface area contributed by atoms with Crippen molar-refractivity contribution < 1.29 is 4.79 Å². The third-order valence-electron chi connectivity index (χ3n) is 4.01. The molecule has 27 heavy (non-hydrogen) atoms. The molecule has 1 heterocycles. The molecule has 1 aromatic heterocycles. The van der Waals surface area contributed by atoms with Gasteiger partial charge < -0.3 is 5.32 Å². The van der Waals surface area contributed by atoms with E-state index in [1.165, 1.54) is 17.3 Å². The highest BCUT2D eigenvalue weighted by Crippen LogP contribution is 2.24. The number of carbonyl (C=O) groups is 1. The van der Waals surface area contributed by atoms with Gasteiger partial charge in [0, 0.05) is 17.8 Å². The quantitative estimate of drug-likeness (QED) is 0.486. The van der Waals surface area contributed by atoms with Crippen molar-refractivity contribution in [2.45, 2.75) is 25.5 Å². The number of allylic oxidation sites excluding steroid dienone is 1. The average molecular weight is 379 g/mol. The van der Waals surface area contributed by atoms with Crippen LogP contribution in [0.2, 0.25) is 0 Å². The first kappa shape index (κ1) is 18.9. The predicted octanol–water partition coefficient (Wildman–Crippen LogP) is 4.48. The topological polar surface area (TPSA) is 59.8 Å². The van der Waals surface area contributed by atoms with Crippen molar-refractivity contribution in [1.82, 2.24) is 14.8 Å². The Bertz CT molecular complexity index is 930. The minimum atomic E-state index is -0.0751. The number of carbonyl (C=O) groups excluding carboxylic acids is 1. The average Bonchev–Trinajstić information content (AvgIpc) is 3.06. The zero-order valence-corrected chi connectivity index (χ0v) is 16.3. The van der Waals surface area contributed by atoms with Crippen LogP contribution in [0.15, 0.2) is 66.3 Å². The normalized spacial score (nSPS) is 10.6. The Morgan fingerprint density at radius 3 is 2.33 bits per heavy atom. The minimum absolute atomic E-state index is 0.0751.